The predicted octanol–water partition coefficient (Wildman–Crippen LogP) is 0.890. The number of nitrogens with zero attached hydrogens (tertiary/aromatic N) is 4. The highest BCUT2D eigenvalue weighted by Gasteiger charge is 2.33. The molecule has 104 valence electrons. The number of likely N-dealkylation sites (tertiary alicyclic amines) is 2. The smallest absolute Gasteiger partial charge is 0.284 e. The second-order valence-electron chi connectivity index (χ2n) is 5.10. The van der Waals surface area contributed by atoms with Gasteiger partial charge in [-0.15, -0.1) is 10.2 Å². The zero-order valence-corrected chi connectivity index (χ0v) is 11.9. The number of carbonyl (C=O) groups excluding carboxylic acids is 1. The zero-order chi connectivity index (χ0) is 13.2. The zero-order valence-electron chi connectivity index (χ0n) is 11.1. The maximum absolute atomic E-state index is 12.3. The average Bonchev–Trinajstić information content (AvgIpc) is 3.16. The van der Waals surface area contributed by atoms with E-state index in [-0.39, 0.29) is 5.91 Å². The van der Waals surface area contributed by atoms with E-state index in [1.54, 1.807) is 7.05 Å². The van der Waals surface area contributed by atoms with Gasteiger partial charge in [-0.05, 0) is 32.4 Å². The highest BCUT2D eigenvalue weighted by atomic mass is 32.1. The van der Waals surface area contributed by atoms with Crippen molar-refractivity contribution in [3.05, 3.63) is 5.01 Å². The summed E-state index contributed by atoms with van der Waals surface area (Å²) in [5.41, 5.74) is 0. The predicted molar refractivity (Wildman–Crippen MR) is 74.6 cm³/mol. The van der Waals surface area contributed by atoms with Crippen LogP contribution in [0, 0.1) is 0 Å². The summed E-state index contributed by atoms with van der Waals surface area (Å²) in [5, 5.41) is 12.0. The fraction of sp³-hybridized carbons (Fsp3) is 0.750. The first-order chi connectivity index (χ1) is 9.28. The Morgan fingerprint density at radius 3 is 2.79 bits per heavy atom. The fourth-order valence-electron chi connectivity index (χ4n) is 2.88. The van der Waals surface area contributed by atoms with Crippen molar-refractivity contribution in [3.8, 4) is 0 Å². The molecule has 0 radical (unpaired) electrons. The van der Waals surface area contributed by atoms with Crippen LogP contribution in [0.5, 0.6) is 0 Å². The lowest BCUT2D eigenvalue weighted by Gasteiger charge is -2.23. The van der Waals surface area contributed by atoms with E-state index in [9.17, 15) is 4.79 Å². The van der Waals surface area contributed by atoms with Crippen LogP contribution in [0.15, 0.2) is 0 Å². The van der Waals surface area contributed by atoms with Crippen LogP contribution in [0.25, 0.3) is 0 Å². The molecule has 0 aromatic carbocycles. The molecule has 3 rings (SSSR count). The number of anilines is 1. The molecule has 6 nitrogen and oxygen atoms in total. The molecule has 1 aromatic rings. The number of amides is 1. The summed E-state index contributed by atoms with van der Waals surface area (Å²) in [6.45, 7) is 4.06. The molecule has 1 N–H and O–H groups in total. The van der Waals surface area contributed by atoms with Gasteiger partial charge in [-0.3, -0.25) is 9.69 Å². The molecule has 2 saturated heterocycles. The molecule has 2 aliphatic rings. The first kappa shape index (κ1) is 12.8. The van der Waals surface area contributed by atoms with Gasteiger partial charge in [-0.25, -0.2) is 0 Å². The fourth-order valence-corrected chi connectivity index (χ4v) is 3.54. The maximum Gasteiger partial charge on any atom is 0.284 e. The van der Waals surface area contributed by atoms with E-state index in [1.165, 1.54) is 37.3 Å². The molecule has 0 saturated carbocycles. The van der Waals surface area contributed by atoms with Gasteiger partial charge in [0.1, 0.15) is 0 Å². The maximum atomic E-state index is 12.3. The molecule has 1 unspecified atom stereocenters. The van der Waals surface area contributed by atoms with Gasteiger partial charge in [0.2, 0.25) is 10.1 Å². The topological polar surface area (TPSA) is 61.4 Å². The van der Waals surface area contributed by atoms with Crippen LogP contribution in [0.3, 0.4) is 0 Å². The van der Waals surface area contributed by atoms with Gasteiger partial charge in [0.25, 0.3) is 5.91 Å². The van der Waals surface area contributed by atoms with Crippen molar-refractivity contribution in [3.63, 3.8) is 0 Å². The molecular weight excluding hydrogens is 262 g/mol. The lowest BCUT2D eigenvalue weighted by molar-refractivity contribution is 0.0779. The van der Waals surface area contributed by atoms with Gasteiger partial charge in [0.15, 0.2) is 0 Å². The van der Waals surface area contributed by atoms with Crippen LogP contribution in [0.4, 0.5) is 5.13 Å². The van der Waals surface area contributed by atoms with Crippen molar-refractivity contribution in [2.75, 3.05) is 38.5 Å². The molecule has 3 heterocycles. The number of hydrogen-bond acceptors (Lipinski definition) is 6. The lowest BCUT2D eigenvalue weighted by atomic mass is 10.2. The molecule has 1 amide bonds. The molecule has 19 heavy (non-hydrogen) atoms. The van der Waals surface area contributed by atoms with Crippen LogP contribution >= 0.6 is 11.3 Å². The number of rotatable bonds is 3. The van der Waals surface area contributed by atoms with E-state index >= 15 is 0 Å². The van der Waals surface area contributed by atoms with Gasteiger partial charge in [0, 0.05) is 26.2 Å². The second-order valence-corrected chi connectivity index (χ2v) is 6.08. The number of carbonyl (C=O) groups is 1. The molecule has 0 spiro atoms. The molecule has 2 aliphatic heterocycles. The van der Waals surface area contributed by atoms with Gasteiger partial charge < -0.3 is 10.2 Å². The quantitative estimate of drug-likeness (QED) is 0.891. The van der Waals surface area contributed by atoms with Crippen molar-refractivity contribution >= 4 is 22.4 Å². The van der Waals surface area contributed by atoms with Crippen molar-refractivity contribution in [1.29, 1.82) is 0 Å². The molecule has 0 aliphatic carbocycles. The Hall–Kier alpha value is -1.21. The van der Waals surface area contributed by atoms with E-state index in [0.717, 1.165) is 19.5 Å². The van der Waals surface area contributed by atoms with E-state index in [0.29, 0.717) is 16.2 Å². The van der Waals surface area contributed by atoms with Crippen LogP contribution in [0.2, 0.25) is 0 Å². The monoisotopic (exact) mass is 281 g/mol. The Bertz CT molecular complexity index is 457. The molecule has 7 heteroatoms. The minimum absolute atomic E-state index is 0.0284. The first-order valence-electron chi connectivity index (χ1n) is 6.82. The van der Waals surface area contributed by atoms with E-state index in [4.69, 9.17) is 0 Å². The minimum atomic E-state index is 0.0284. The minimum Gasteiger partial charge on any atom is -0.363 e. The Morgan fingerprint density at radius 2 is 2.11 bits per heavy atom. The Labute approximate surface area is 116 Å². The Balaban J connectivity index is 1.62. The first-order valence-corrected chi connectivity index (χ1v) is 7.64. The van der Waals surface area contributed by atoms with Gasteiger partial charge in [-0.1, -0.05) is 11.3 Å². The molecule has 0 bridgehead atoms. The molecule has 2 fully saturated rings. The third kappa shape index (κ3) is 2.57. The van der Waals surface area contributed by atoms with Crippen molar-refractivity contribution in [1.82, 2.24) is 20.0 Å². The largest absolute Gasteiger partial charge is 0.363 e. The number of nitrogens with one attached hydrogen (secondary N) is 1. The summed E-state index contributed by atoms with van der Waals surface area (Å²) in [6, 6.07) is 0.545. The highest BCUT2D eigenvalue weighted by Crippen LogP contribution is 2.23. The molecular formula is C12H19N5OS. The van der Waals surface area contributed by atoms with Gasteiger partial charge in [-0.2, -0.15) is 0 Å². The number of hydrogen-bond donors (Lipinski definition) is 1. The molecule has 1 atom stereocenters. The summed E-state index contributed by atoms with van der Waals surface area (Å²) in [5.74, 6) is 0.0284. The standard InChI is InChI=1S/C12H19N5OS/c1-13-12-15-14-10(19-12)11(18)17-7-4-9(8-17)16-5-2-3-6-16/h9H,2-8H2,1H3,(H,13,15). The average molecular weight is 281 g/mol. The summed E-state index contributed by atoms with van der Waals surface area (Å²) >= 11 is 1.32. The normalized spacial score (nSPS) is 24.1. The van der Waals surface area contributed by atoms with Crippen LogP contribution < -0.4 is 5.32 Å². The Morgan fingerprint density at radius 1 is 1.32 bits per heavy atom. The van der Waals surface area contributed by atoms with Crippen molar-refractivity contribution < 1.29 is 4.79 Å². The summed E-state index contributed by atoms with van der Waals surface area (Å²) in [7, 11) is 1.79. The van der Waals surface area contributed by atoms with Gasteiger partial charge in [0.05, 0.1) is 0 Å². The highest BCUT2D eigenvalue weighted by molar-refractivity contribution is 7.17. The van der Waals surface area contributed by atoms with Crippen molar-refractivity contribution in [2.24, 2.45) is 0 Å². The number of aromatic nitrogens is 2. The van der Waals surface area contributed by atoms with Crippen molar-refractivity contribution in [2.45, 2.75) is 25.3 Å². The van der Waals surface area contributed by atoms with Crippen LogP contribution in [-0.4, -0.2) is 65.2 Å². The van der Waals surface area contributed by atoms with Crippen LogP contribution in [-0.2, 0) is 0 Å². The second kappa shape index (κ2) is 5.42. The van der Waals surface area contributed by atoms with E-state index in [2.05, 4.69) is 20.4 Å². The summed E-state index contributed by atoms with van der Waals surface area (Å²) < 4.78 is 0. The lowest BCUT2D eigenvalue weighted by Crippen LogP contribution is -2.37. The Kier molecular flexibility index (Phi) is 3.65. The molecule has 1 aromatic heterocycles. The summed E-state index contributed by atoms with van der Waals surface area (Å²) in [6.07, 6.45) is 3.68. The SMILES string of the molecule is CNc1nnc(C(=O)N2CCC(N3CCCC3)C2)s1. The third-order valence-corrected chi connectivity index (χ3v) is 4.86. The van der Waals surface area contributed by atoms with Crippen LogP contribution in [0.1, 0.15) is 29.1 Å². The van der Waals surface area contributed by atoms with E-state index < -0.39 is 0 Å². The van der Waals surface area contributed by atoms with Gasteiger partial charge >= 0.3 is 0 Å². The van der Waals surface area contributed by atoms with E-state index in [1.807, 2.05) is 4.90 Å². The third-order valence-electron chi connectivity index (χ3n) is 3.93. The summed E-state index contributed by atoms with van der Waals surface area (Å²) in [4.78, 5) is 16.8.